The molecule has 1 aromatic rings. The third-order valence-corrected chi connectivity index (χ3v) is 39.5. The van der Waals surface area contributed by atoms with Crippen LogP contribution in [0.3, 0.4) is 0 Å². The van der Waals surface area contributed by atoms with Gasteiger partial charge in [-0.2, -0.15) is 0 Å². The Bertz CT molecular complexity index is 710. The predicted molar refractivity (Wildman–Crippen MR) is 217 cm³/mol. The Kier molecular flexibility index (Phi) is 18.8. The first kappa shape index (κ1) is 44.2. The average Bonchev–Trinajstić information content (AvgIpc) is 2.54. The van der Waals surface area contributed by atoms with E-state index in [0.717, 1.165) is 15.5 Å². The fourth-order valence-electron chi connectivity index (χ4n) is 7.89. The fraction of sp³-hybridized carbons (Fsp3) is 0.778. The van der Waals surface area contributed by atoms with Crippen molar-refractivity contribution in [2.24, 2.45) is 0 Å². The predicted octanol–water partition coefficient (Wildman–Crippen LogP) is 11.6. The smallest absolute Gasteiger partial charge is 0.0493 e. The van der Waals surface area contributed by atoms with Gasteiger partial charge in [0.2, 0.25) is 0 Å². The Labute approximate surface area is 290 Å². The first-order valence-corrected chi connectivity index (χ1v) is 40.7. The summed E-state index contributed by atoms with van der Waals surface area (Å²) in [6.07, 6.45) is 0. The van der Waals surface area contributed by atoms with E-state index in [9.17, 15) is 0 Å². The largest absolute Gasteiger partial charge is 0.706 e. The van der Waals surface area contributed by atoms with Gasteiger partial charge in [-0.1, -0.05) is 140 Å². The molecule has 0 heterocycles. The molecule has 1 rings (SSSR count). The second-order valence-corrected chi connectivity index (χ2v) is 56.4. The van der Waals surface area contributed by atoms with Gasteiger partial charge in [0.05, 0.1) is 0 Å². The molecule has 0 N–H and O–H groups in total. The molecule has 0 unspecified atom stereocenters. The maximum Gasteiger partial charge on any atom is 0.0493 e. The monoisotopic (exact) mass is 832 g/mol. The second-order valence-electron chi connectivity index (χ2n) is 17.5. The van der Waals surface area contributed by atoms with E-state index in [2.05, 4.69) is 159 Å². The molecule has 0 atom stereocenters. The maximum absolute atomic E-state index is 4.44. The van der Waals surface area contributed by atoms with Crippen LogP contribution in [0.25, 0.3) is 0 Å². The van der Waals surface area contributed by atoms with E-state index < -0.39 is 48.4 Å². The van der Waals surface area contributed by atoms with Crippen molar-refractivity contribution in [1.82, 2.24) is 0 Å². The molecule has 1 aromatic carbocycles. The van der Waals surface area contributed by atoms with Crippen LogP contribution in [0.15, 0.2) is 12.1 Å². The quantitative estimate of drug-likeness (QED) is 0.123. The van der Waals surface area contributed by atoms with Gasteiger partial charge in [-0.3, -0.25) is 19.7 Å². The molecular weight excluding hydrogens is 775 g/mol. The normalized spacial score (nSPS) is 13.9. The molecule has 0 aromatic heterocycles. The van der Waals surface area contributed by atoms with Gasteiger partial charge in [0.25, 0.3) is 0 Å². The van der Waals surface area contributed by atoms with Crippen molar-refractivity contribution in [3.05, 3.63) is 34.9 Å². The van der Waals surface area contributed by atoms with Gasteiger partial charge in [0.1, 0.15) is 0 Å². The molecule has 0 bridgehead atoms. The van der Waals surface area contributed by atoms with Crippen molar-refractivity contribution >= 4 is 126 Å². The van der Waals surface area contributed by atoms with Gasteiger partial charge in [-0.15, -0.1) is 0 Å². The van der Waals surface area contributed by atoms with Crippen molar-refractivity contribution in [1.29, 1.82) is 0 Å². The molecule has 0 spiro atoms. The van der Waals surface area contributed by atoms with Crippen LogP contribution >= 0.6 is 29.5 Å². The van der Waals surface area contributed by atoms with Crippen LogP contribution in [-0.4, -0.2) is 72.9 Å². The van der Waals surface area contributed by atoms with Crippen LogP contribution in [0.1, 0.15) is 32.2 Å². The Morgan fingerprint density at radius 1 is 0.487 bits per heavy atom. The summed E-state index contributed by atoms with van der Waals surface area (Å²) in [7, 11) is -4.33. The van der Waals surface area contributed by atoms with E-state index in [1.807, 2.05) is 0 Å². The summed E-state index contributed by atoms with van der Waals surface area (Å²) in [5, 5.41) is 2.32. The third-order valence-electron chi connectivity index (χ3n) is 7.14. The van der Waals surface area contributed by atoms with E-state index >= 15 is 0 Å². The minimum Gasteiger partial charge on any atom is -0.706 e. The number of rotatable bonds is 11. The van der Waals surface area contributed by atoms with Gasteiger partial charge in [0, 0.05) is 72.9 Å². The van der Waals surface area contributed by atoms with Crippen LogP contribution < -0.4 is 0 Å². The molecule has 4 radical (unpaired) electrons. The minimum atomic E-state index is -1.39. The summed E-state index contributed by atoms with van der Waals surface area (Å²) < 4.78 is 0. The maximum atomic E-state index is 4.44. The van der Waals surface area contributed by atoms with Crippen molar-refractivity contribution in [2.75, 3.05) is 0 Å². The summed E-state index contributed by atoms with van der Waals surface area (Å²) in [5.74, 6) is 0. The molecule has 0 aliphatic heterocycles. The third kappa shape index (κ3) is 14.8. The summed E-state index contributed by atoms with van der Waals surface area (Å²) >= 11 is 8.89. The second kappa shape index (κ2) is 16.6. The zero-order valence-electron chi connectivity index (χ0n) is 28.4. The van der Waals surface area contributed by atoms with E-state index in [4.69, 9.17) is 0 Å². The van der Waals surface area contributed by atoms with E-state index in [1.54, 1.807) is 16.7 Å². The zero-order valence-corrected chi connectivity index (χ0v) is 41.0. The van der Waals surface area contributed by atoms with E-state index in [0.29, 0.717) is 0 Å². The molecule has 0 nitrogen and oxygen atoms in total. The van der Waals surface area contributed by atoms with Crippen LogP contribution in [0.2, 0.25) is 118 Å². The minimum absolute atomic E-state index is 0. The Morgan fingerprint density at radius 3 is 0.872 bits per heavy atom. The van der Waals surface area contributed by atoms with Crippen molar-refractivity contribution in [3.8, 4) is 0 Å². The summed E-state index contributed by atoms with van der Waals surface area (Å²) in [6.45, 7) is 47.0. The van der Waals surface area contributed by atoms with Gasteiger partial charge in [-0.05, 0) is 38.3 Å². The van der Waals surface area contributed by atoms with Crippen molar-refractivity contribution in [3.63, 3.8) is 0 Å². The topological polar surface area (TPSA) is 0 Å². The van der Waals surface area contributed by atoms with Gasteiger partial charge < -0.3 is 23.3 Å². The fourth-order valence-corrected chi connectivity index (χ4v) is 48.5. The molecule has 0 amide bonds. The van der Waals surface area contributed by atoms with E-state index in [1.165, 1.54) is 29.5 Å². The Balaban J connectivity index is 0. The van der Waals surface area contributed by atoms with Crippen LogP contribution in [0.5, 0.6) is 0 Å². The molecule has 12 heteroatoms. The number of hydrogen-bond acceptors (Lipinski definition) is 5. The first-order chi connectivity index (χ1) is 16.6. The SMILES string of the molecule is C[Si](C)(C)C(c1[c]c(C([Si](C)(C)C)[Si](C)(C)C)cc(C([Si](C)(C)C)[Si](C)(C)C)c1)[Si](C)(C)C.[S-]SSS[S-].[Sb]. The molecule has 0 fully saturated rings. The molecule has 0 aliphatic carbocycles. The summed E-state index contributed by atoms with van der Waals surface area (Å²) in [4.78, 5) is 0. The molecule has 0 saturated carbocycles. The molecular formula is C27H59S5SbSi6-2. The first-order valence-electron chi connectivity index (χ1n) is 13.9. The van der Waals surface area contributed by atoms with Crippen LogP contribution in [0, 0.1) is 6.07 Å². The summed E-state index contributed by atoms with van der Waals surface area (Å²) in [6, 6.07) is 9.65. The molecule has 0 aliphatic rings. The van der Waals surface area contributed by atoms with Crippen LogP contribution in [0.4, 0.5) is 0 Å². The Hall–Kier alpha value is 3.09. The zero-order chi connectivity index (χ0) is 30.7. The summed E-state index contributed by atoms with van der Waals surface area (Å²) in [5.41, 5.74) is 4.94. The Morgan fingerprint density at radius 2 is 0.718 bits per heavy atom. The van der Waals surface area contributed by atoms with Gasteiger partial charge in [-0.25, -0.2) is 0 Å². The number of hydrogen-bond donors (Lipinski definition) is 0. The molecule has 228 valence electrons. The van der Waals surface area contributed by atoms with Crippen molar-refractivity contribution < 1.29 is 0 Å². The molecule has 0 saturated heterocycles. The average molecular weight is 834 g/mol. The standard InChI is InChI=1S/C27H59Si6.H2S5.Sb/c1-28(2,3)25(29(4,5)6)22-19-23(26(30(7,8)9)31(10,11)12)21-24(20-22)27(32(13,14)15)33(16,17)18;1-3-5-4-2;/h19-20,25-27H,1-18H3;1-2H;/p-2. The van der Waals surface area contributed by atoms with Crippen LogP contribution in [-0.2, 0) is 23.3 Å². The van der Waals surface area contributed by atoms with E-state index in [-0.39, 0.29) is 24.4 Å². The number of benzene rings is 1. The van der Waals surface area contributed by atoms with Gasteiger partial charge in [0.15, 0.2) is 0 Å². The van der Waals surface area contributed by atoms with Gasteiger partial charge >= 0.3 is 0 Å². The molecule has 39 heavy (non-hydrogen) atoms. The van der Waals surface area contributed by atoms with Crippen molar-refractivity contribution in [2.45, 2.75) is 133 Å².